The molecule has 174 valence electrons. The fourth-order valence-corrected chi connectivity index (χ4v) is 6.16. The molecular formula is C25H36N4O3. The van der Waals surface area contributed by atoms with Crippen LogP contribution >= 0.6 is 0 Å². The smallest absolute Gasteiger partial charge is 0.320 e. The second kappa shape index (κ2) is 7.73. The molecule has 2 saturated carbocycles. The summed E-state index contributed by atoms with van der Waals surface area (Å²) in [5.41, 5.74) is 6.18. The minimum Gasteiger partial charge on any atom is -0.379 e. The van der Waals surface area contributed by atoms with Crippen LogP contribution in [0.25, 0.3) is 0 Å². The Morgan fingerprint density at radius 1 is 1.12 bits per heavy atom. The second-order valence-electron chi connectivity index (χ2n) is 10.8. The molecule has 32 heavy (non-hydrogen) atoms. The molecule has 1 aromatic carbocycles. The molecule has 7 nitrogen and oxygen atoms in total. The second-order valence-corrected chi connectivity index (χ2v) is 10.8. The third-order valence-electron chi connectivity index (χ3n) is 8.64. The molecule has 7 heteroatoms. The summed E-state index contributed by atoms with van der Waals surface area (Å²) in [5.74, 6) is 0.271. The van der Waals surface area contributed by atoms with Crippen molar-refractivity contribution < 1.29 is 14.3 Å². The van der Waals surface area contributed by atoms with Gasteiger partial charge in [-0.05, 0) is 64.1 Å². The van der Waals surface area contributed by atoms with Crippen LogP contribution in [-0.2, 0) is 15.1 Å². The van der Waals surface area contributed by atoms with Crippen molar-refractivity contribution in [3.05, 3.63) is 35.9 Å². The van der Waals surface area contributed by atoms with E-state index in [9.17, 15) is 9.59 Å². The molecule has 2 aliphatic carbocycles. The van der Waals surface area contributed by atoms with Crippen LogP contribution in [0.5, 0.6) is 0 Å². The summed E-state index contributed by atoms with van der Waals surface area (Å²) in [6.45, 7) is 2.54. The summed E-state index contributed by atoms with van der Waals surface area (Å²) in [6.07, 6.45) is 6.38. The zero-order valence-electron chi connectivity index (χ0n) is 19.4. The van der Waals surface area contributed by atoms with Crippen LogP contribution < -0.4 is 5.73 Å². The Hall–Kier alpha value is -2.12. The molecule has 1 aromatic rings. The number of ether oxygens (including phenoxy) is 1. The number of rotatable bonds is 7. The maximum atomic E-state index is 13.6. The van der Waals surface area contributed by atoms with Gasteiger partial charge in [0.15, 0.2) is 0 Å². The fourth-order valence-electron chi connectivity index (χ4n) is 6.16. The Morgan fingerprint density at radius 2 is 1.78 bits per heavy atom. The summed E-state index contributed by atoms with van der Waals surface area (Å²) in [5, 5.41) is 0. The molecule has 0 atom stereocenters. The normalized spacial score (nSPS) is 31.9. The lowest BCUT2D eigenvalue weighted by molar-refractivity contribution is -0.160. The van der Waals surface area contributed by atoms with Gasteiger partial charge in [0, 0.05) is 25.2 Å². The third-order valence-corrected chi connectivity index (χ3v) is 8.64. The first-order valence-corrected chi connectivity index (χ1v) is 12.0. The van der Waals surface area contributed by atoms with Crippen LogP contribution in [0.15, 0.2) is 30.3 Å². The first-order chi connectivity index (χ1) is 15.3. The summed E-state index contributed by atoms with van der Waals surface area (Å²) < 4.78 is 5.33. The molecule has 2 heterocycles. The van der Waals surface area contributed by atoms with E-state index in [1.165, 1.54) is 18.4 Å². The van der Waals surface area contributed by atoms with Gasteiger partial charge in [-0.1, -0.05) is 30.3 Å². The van der Waals surface area contributed by atoms with Gasteiger partial charge in [0.2, 0.25) is 5.91 Å². The first kappa shape index (κ1) is 21.7. The average Bonchev–Trinajstić information content (AvgIpc) is 3.54. The minimum absolute atomic E-state index is 0.00944. The number of urea groups is 1. The van der Waals surface area contributed by atoms with Gasteiger partial charge in [0.25, 0.3) is 0 Å². The van der Waals surface area contributed by atoms with Gasteiger partial charge >= 0.3 is 6.03 Å². The number of nitrogens with zero attached hydrogens (tertiary/aromatic N) is 3. The molecule has 0 aromatic heterocycles. The van der Waals surface area contributed by atoms with E-state index in [2.05, 4.69) is 54.2 Å². The molecule has 1 spiro atoms. The molecule has 3 amide bonds. The Balaban J connectivity index is 1.40. The highest BCUT2D eigenvalue weighted by atomic mass is 16.5. The number of nitrogens with two attached hydrogens (primary N) is 1. The van der Waals surface area contributed by atoms with Crippen LogP contribution in [0.4, 0.5) is 4.79 Å². The Kier molecular flexibility index (Phi) is 5.25. The molecule has 2 aliphatic heterocycles. The highest BCUT2D eigenvalue weighted by molar-refractivity contribution is 5.84. The highest BCUT2D eigenvalue weighted by Crippen LogP contribution is 2.50. The molecule has 0 bridgehead atoms. The van der Waals surface area contributed by atoms with Gasteiger partial charge in [-0.15, -0.1) is 0 Å². The summed E-state index contributed by atoms with van der Waals surface area (Å²) in [4.78, 5) is 32.2. The fraction of sp³-hybridized carbons (Fsp3) is 0.680. The number of primary amides is 1. The quantitative estimate of drug-likeness (QED) is 0.706. The first-order valence-electron chi connectivity index (χ1n) is 12.0. The van der Waals surface area contributed by atoms with Gasteiger partial charge in [0.05, 0.1) is 18.8 Å². The summed E-state index contributed by atoms with van der Waals surface area (Å²) in [7, 11) is 4.35. The van der Waals surface area contributed by atoms with Crippen LogP contribution in [-0.4, -0.2) is 79.1 Å². The topological polar surface area (TPSA) is 79.1 Å². The van der Waals surface area contributed by atoms with Gasteiger partial charge in [0.1, 0.15) is 5.41 Å². The van der Waals surface area contributed by atoms with E-state index >= 15 is 0 Å². The zero-order chi connectivity index (χ0) is 22.6. The summed E-state index contributed by atoms with van der Waals surface area (Å²) >= 11 is 0. The van der Waals surface area contributed by atoms with E-state index in [1.807, 2.05) is 4.90 Å². The number of carbonyl (C=O) groups excluding carboxylic acids is 2. The molecule has 2 saturated heterocycles. The van der Waals surface area contributed by atoms with E-state index in [4.69, 9.17) is 10.5 Å². The van der Waals surface area contributed by atoms with E-state index in [1.54, 1.807) is 0 Å². The molecule has 5 rings (SSSR count). The van der Waals surface area contributed by atoms with E-state index in [0.717, 1.165) is 32.2 Å². The maximum absolute atomic E-state index is 13.6. The van der Waals surface area contributed by atoms with E-state index < -0.39 is 5.41 Å². The standard InChI is InChI=1S/C25H36N4O3/c1-27(2)25(20-6-4-3-5-7-20)12-10-24(11-13-25)16-28(15-23(21(26)30)17-32-18-23)22(31)29(24)14-19-8-9-19/h3-7,19H,8-18H2,1-2H3,(H2,26,30). The SMILES string of the molecule is CN(C)C1(c2ccccc2)CCC2(CC1)CN(CC1(C(N)=O)COC1)C(=O)N2CC1CC1. The number of benzene rings is 1. The van der Waals surface area contributed by atoms with E-state index in [0.29, 0.717) is 32.2 Å². The zero-order valence-corrected chi connectivity index (χ0v) is 19.4. The molecule has 4 fully saturated rings. The maximum Gasteiger partial charge on any atom is 0.320 e. The number of carbonyl (C=O) groups is 2. The molecule has 0 radical (unpaired) electrons. The predicted octanol–water partition coefficient (Wildman–Crippen LogP) is 2.41. The minimum atomic E-state index is -0.724. The predicted molar refractivity (Wildman–Crippen MR) is 122 cm³/mol. The Morgan fingerprint density at radius 3 is 2.28 bits per heavy atom. The van der Waals surface area contributed by atoms with Gasteiger partial charge in [-0.2, -0.15) is 0 Å². The third kappa shape index (κ3) is 3.41. The van der Waals surface area contributed by atoms with Gasteiger partial charge in [-0.25, -0.2) is 4.79 Å². The molecule has 0 unspecified atom stereocenters. The van der Waals surface area contributed by atoms with Crippen molar-refractivity contribution in [1.29, 1.82) is 0 Å². The van der Waals surface area contributed by atoms with Crippen molar-refractivity contribution in [2.24, 2.45) is 17.1 Å². The van der Waals surface area contributed by atoms with Crippen molar-refractivity contribution in [3.8, 4) is 0 Å². The van der Waals surface area contributed by atoms with Crippen LogP contribution in [0.1, 0.15) is 44.1 Å². The lowest BCUT2D eigenvalue weighted by Crippen LogP contribution is -2.59. The number of hydrogen-bond donors (Lipinski definition) is 1. The van der Waals surface area contributed by atoms with Gasteiger partial charge in [-0.3, -0.25) is 9.69 Å². The van der Waals surface area contributed by atoms with Crippen molar-refractivity contribution in [1.82, 2.24) is 14.7 Å². The number of hydrogen-bond acceptors (Lipinski definition) is 4. The van der Waals surface area contributed by atoms with Crippen LogP contribution in [0.3, 0.4) is 0 Å². The van der Waals surface area contributed by atoms with Gasteiger partial charge < -0.3 is 20.3 Å². The van der Waals surface area contributed by atoms with E-state index in [-0.39, 0.29) is 23.0 Å². The van der Waals surface area contributed by atoms with Crippen molar-refractivity contribution in [2.45, 2.75) is 49.6 Å². The summed E-state index contributed by atoms with van der Waals surface area (Å²) in [6, 6.07) is 10.9. The highest BCUT2D eigenvalue weighted by Gasteiger charge is 2.57. The van der Waals surface area contributed by atoms with Crippen molar-refractivity contribution in [3.63, 3.8) is 0 Å². The Labute approximate surface area is 190 Å². The van der Waals surface area contributed by atoms with Crippen molar-refractivity contribution >= 4 is 11.9 Å². The van der Waals surface area contributed by atoms with Crippen molar-refractivity contribution in [2.75, 3.05) is 46.9 Å². The van der Waals surface area contributed by atoms with Crippen LogP contribution in [0, 0.1) is 11.3 Å². The number of amides is 3. The monoisotopic (exact) mass is 440 g/mol. The Bertz CT molecular complexity index is 870. The van der Waals surface area contributed by atoms with Crippen LogP contribution in [0.2, 0.25) is 0 Å². The molecule has 2 N–H and O–H groups in total. The molecule has 4 aliphatic rings. The largest absolute Gasteiger partial charge is 0.379 e. The lowest BCUT2D eigenvalue weighted by atomic mass is 9.68. The average molecular weight is 441 g/mol. The molecular weight excluding hydrogens is 404 g/mol. The lowest BCUT2D eigenvalue weighted by Gasteiger charge is -2.51.